The summed E-state index contributed by atoms with van der Waals surface area (Å²) in [5.41, 5.74) is 0.0816. The second-order valence-electron chi connectivity index (χ2n) is 6.09. The van der Waals surface area contributed by atoms with Crippen molar-refractivity contribution in [1.82, 2.24) is 24.7 Å². The van der Waals surface area contributed by atoms with Gasteiger partial charge in [0.25, 0.3) is 0 Å². The molecule has 0 unspecified atom stereocenters. The zero-order chi connectivity index (χ0) is 21.3. The fraction of sp³-hybridized carbons (Fsp3) is 0.0526. The van der Waals surface area contributed by atoms with Crippen LogP contribution in [0, 0.1) is 0 Å². The van der Waals surface area contributed by atoms with Gasteiger partial charge in [0.15, 0.2) is 5.82 Å². The lowest BCUT2D eigenvalue weighted by Crippen LogP contribution is -2.18. The third-order valence-electron chi connectivity index (χ3n) is 4.09. The molecule has 4 rings (SSSR count). The highest BCUT2D eigenvalue weighted by molar-refractivity contribution is 5.98. The molecule has 0 aliphatic rings. The van der Waals surface area contributed by atoms with E-state index in [9.17, 15) is 18.0 Å². The summed E-state index contributed by atoms with van der Waals surface area (Å²) in [6.07, 6.45) is -0.178. The van der Waals surface area contributed by atoms with Crippen LogP contribution >= 0.6 is 0 Å². The summed E-state index contributed by atoms with van der Waals surface area (Å²) in [6.45, 7) is 3.63. The van der Waals surface area contributed by atoms with Crippen molar-refractivity contribution in [2.75, 3.05) is 5.32 Å². The fourth-order valence-corrected chi connectivity index (χ4v) is 2.70. The number of amides is 1. The van der Waals surface area contributed by atoms with Gasteiger partial charge in [-0.15, -0.1) is 0 Å². The Hall–Kier alpha value is -4.15. The first kappa shape index (κ1) is 19.2. The van der Waals surface area contributed by atoms with E-state index in [-0.39, 0.29) is 5.82 Å². The summed E-state index contributed by atoms with van der Waals surface area (Å²) >= 11 is 0. The van der Waals surface area contributed by atoms with Crippen molar-refractivity contribution in [2.24, 2.45) is 0 Å². The summed E-state index contributed by atoms with van der Waals surface area (Å²) in [6, 6.07) is 8.33. The molecule has 0 atom stereocenters. The number of nitrogens with one attached hydrogen (secondary N) is 2. The van der Waals surface area contributed by atoms with Crippen LogP contribution in [-0.2, 0) is 6.18 Å². The zero-order valence-electron chi connectivity index (χ0n) is 15.1. The quantitative estimate of drug-likeness (QED) is 0.505. The van der Waals surface area contributed by atoms with Crippen molar-refractivity contribution >= 4 is 28.8 Å². The number of carbonyl (C=O) groups is 1. The van der Waals surface area contributed by atoms with Crippen molar-refractivity contribution in [2.45, 2.75) is 6.18 Å². The van der Waals surface area contributed by atoms with Gasteiger partial charge in [-0.25, -0.2) is 14.8 Å². The Morgan fingerprint density at radius 2 is 2.03 bits per heavy atom. The first-order chi connectivity index (χ1) is 14.3. The molecule has 30 heavy (non-hydrogen) atoms. The normalized spacial score (nSPS) is 11.4. The lowest BCUT2D eigenvalue weighted by molar-refractivity contribution is -0.141. The molecule has 0 aliphatic heterocycles. The Kier molecular flexibility index (Phi) is 4.70. The molecule has 8 nitrogen and oxygen atoms in total. The van der Waals surface area contributed by atoms with Gasteiger partial charge < -0.3 is 4.74 Å². The Bertz CT molecular complexity index is 1240. The predicted octanol–water partition coefficient (Wildman–Crippen LogP) is 4.69. The Balaban J connectivity index is 1.53. The number of nitrogens with zero attached hydrogens (tertiary/aromatic N) is 4. The van der Waals surface area contributed by atoms with Gasteiger partial charge in [-0.2, -0.15) is 18.3 Å². The van der Waals surface area contributed by atoms with E-state index >= 15 is 0 Å². The smallest absolute Gasteiger partial charge is 0.432 e. The number of H-pyrrole nitrogens is 1. The van der Waals surface area contributed by atoms with Gasteiger partial charge in [0.2, 0.25) is 5.88 Å². The molecule has 0 saturated carbocycles. The van der Waals surface area contributed by atoms with E-state index in [0.29, 0.717) is 28.2 Å². The number of aromatic amines is 1. The minimum absolute atomic E-state index is 0.240. The van der Waals surface area contributed by atoms with E-state index in [4.69, 9.17) is 4.74 Å². The molecule has 1 aromatic carbocycles. The number of rotatable bonds is 4. The van der Waals surface area contributed by atoms with Crippen molar-refractivity contribution in [3.63, 3.8) is 0 Å². The number of ether oxygens (including phenoxy) is 1. The summed E-state index contributed by atoms with van der Waals surface area (Å²) < 4.78 is 44.9. The number of carbonyl (C=O) groups excluding carboxylic acids is 1. The van der Waals surface area contributed by atoms with Crippen LogP contribution in [0.15, 0.2) is 55.5 Å². The van der Waals surface area contributed by atoms with Crippen LogP contribution in [0.4, 0.5) is 23.8 Å². The molecule has 2 N–H and O–H groups in total. The molecule has 0 aliphatic carbocycles. The second kappa shape index (κ2) is 7.35. The van der Waals surface area contributed by atoms with Crippen molar-refractivity contribution in [1.29, 1.82) is 0 Å². The lowest BCUT2D eigenvalue weighted by atomic mass is 10.2. The molecule has 1 amide bonds. The first-order valence-electron chi connectivity index (χ1n) is 8.51. The molecular formula is C19H13F3N6O2. The predicted molar refractivity (Wildman–Crippen MR) is 102 cm³/mol. The van der Waals surface area contributed by atoms with Crippen LogP contribution in [0.5, 0.6) is 11.6 Å². The van der Waals surface area contributed by atoms with Gasteiger partial charge in [0.1, 0.15) is 17.8 Å². The number of aromatic nitrogens is 5. The van der Waals surface area contributed by atoms with Crippen molar-refractivity contribution in [3.8, 4) is 11.6 Å². The summed E-state index contributed by atoms with van der Waals surface area (Å²) in [4.78, 5) is 20.5. The van der Waals surface area contributed by atoms with E-state index in [1.54, 1.807) is 36.4 Å². The van der Waals surface area contributed by atoms with E-state index in [1.807, 2.05) is 5.10 Å². The van der Waals surface area contributed by atoms with Crippen LogP contribution in [0.2, 0.25) is 0 Å². The molecule has 0 fully saturated rings. The van der Waals surface area contributed by atoms with Gasteiger partial charge in [-0.05, 0) is 30.3 Å². The standard InChI is InChI=1S/C19H13F3N6O2/c1-2-12-8-17(24-10-23-12)30-13-3-4-14-11(7-13)5-6-28(14)18(29)25-16-9-15(26-27-16)19(20,21)22/h2-10H,1H2,(H2,25,26,27,29). The summed E-state index contributed by atoms with van der Waals surface area (Å²) in [5.74, 6) is 0.572. The number of benzene rings is 1. The molecule has 3 aromatic heterocycles. The second-order valence-corrected chi connectivity index (χ2v) is 6.09. The monoisotopic (exact) mass is 414 g/mol. The van der Waals surface area contributed by atoms with Crippen LogP contribution in [0.25, 0.3) is 17.0 Å². The maximum atomic E-state index is 12.6. The van der Waals surface area contributed by atoms with Gasteiger partial charge in [0, 0.05) is 23.7 Å². The average Bonchev–Trinajstić information content (AvgIpc) is 3.34. The van der Waals surface area contributed by atoms with Gasteiger partial charge in [-0.3, -0.25) is 15.0 Å². The number of fused-ring (bicyclic) bond motifs is 1. The van der Waals surface area contributed by atoms with Crippen LogP contribution < -0.4 is 10.1 Å². The van der Waals surface area contributed by atoms with Gasteiger partial charge in [0.05, 0.1) is 11.2 Å². The number of halogens is 3. The van der Waals surface area contributed by atoms with E-state index in [1.165, 1.54) is 17.1 Å². The molecule has 0 spiro atoms. The molecule has 152 valence electrons. The lowest BCUT2D eigenvalue weighted by Gasteiger charge is -2.07. The zero-order valence-corrected chi connectivity index (χ0v) is 15.1. The summed E-state index contributed by atoms with van der Waals surface area (Å²) in [5, 5.41) is 8.30. The maximum Gasteiger partial charge on any atom is 0.432 e. The SMILES string of the molecule is C=Cc1cc(Oc2ccc3c(ccn3C(=O)Nc3cc(C(F)(F)F)[nH]n3)c2)ncn1. The van der Waals surface area contributed by atoms with Crippen LogP contribution in [0.3, 0.4) is 0 Å². The largest absolute Gasteiger partial charge is 0.439 e. The Morgan fingerprint density at radius 3 is 2.77 bits per heavy atom. The average molecular weight is 414 g/mol. The Morgan fingerprint density at radius 1 is 1.20 bits per heavy atom. The molecule has 0 saturated heterocycles. The van der Waals surface area contributed by atoms with E-state index in [0.717, 1.165) is 6.07 Å². The highest BCUT2D eigenvalue weighted by Gasteiger charge is 2.33. The molecule has 3 heterocycles. The number of hydrogen-bond donors (Lipinski definition) is 2. The summed E-state index contributed by atoms with van der Waals surface area (Å²) in [7, 11) is 0. The minimum Gasteiger partial charge on any atom is -0.439 e. The first-order valence-corrected chi connectivity index (χ1v) is 8.51. The minimum atomic E-state index is -4.58. The van der Waals surface area contributed by atoms with Crippen molar-refractivity contribution in [3.05, 3.63) is 66.9 Å². The molecule has 0 bridgehead atoms. The third kappa shape index (κ3) is 3.85. The topological polar surface area (TPSA) is 97.7 Å². The molecular weight excluding hydrogens is 401 g/mol. The van der Waals surface area contributed by atoms with E-state index < -0.39 is 17.9 Å². The number of anilines is 1. The Labute approximate surface area is 167 Å². The highest BCUT2D eigenvalue weighted by Crippen LogP contribution is 2.29. The van der Waals surface area contributed by atoms with Crippen molar-refractivity contribution < 1.29 is 22.7 Å². The van der Waals surface area contributed by atoms with Crippen LogP contribution in [-0.4, -0.2) is 30.8 Å². The molecule has 11 heteroatoms. The molecule has 4 aromatic rings. The number of alkyl halides is 3. The maximum absolute atomic E-state index is 12.6. The van der Waals surface area contributed by atoms with Gasteiger partial charge in [-0.1, -0.05) is 6.58 Å². The number of hydrogen-bond acceptors (Lipinski definition) is 5. The van der Waals surface area contributed by atoms with E-state index in [2.05, 4.69) is 27.0 Å². The third-order valence-corrected chi connectivity index (χ3v) is 4.09. The highest BCUT2D eigenvalue weighted by atomic mass is 19.4. The fourth-order valence-electron chi connectivity index (χ4n) is 2.70. The molecule has 0 radical (unpaired) electrons. The van der Waals surface area contributed by atoms with Gasteiger partial charge >= 0.3 is 12.2 Å². The van der Waals surface area contributed by atoms with Crippen LogP contribution in [0.1, 0.15) is 11.4 Å².